The molecule has 1 aromatic heterocycles. The van der Waals surface area contributed by atoms with Gasteiger partial charge >= 0.3 is 0 Å². The molecule has 1 saturated heterocycles. The van der Waals surface area contributed by atoms with Crippen molar-refractivity contribution < 1.29 is 13.2 Å². The fourth-order valence-corrected chi connectivity index (χ4v) is 4.98. The molecule has 0 amide bonds. The minimum absolute atomic E-state index is 0.134. The van der Waals surface area contributed by atoms with Crippen molar-refractivity contribution in [3.05, 3.63) is 47.3 Å². The zero-order valence-corrected chi connectivity index (χ0v) is 16.3. The summed E-state index contributed by atoms with van der Waals surface area (Å²) in [7, 11) is -3.56. The molecule has 6 nitrogen and oxygen atoms in total. The lowest BCUT2D eigenvalue weighted by Crippen LogP contribution is -2.39. The largest absolute Gasteiger partial charge is 0.295 e. The Kier molecular flexibility index (Phi) is 5.29. The normalized spacial score (nSPS) is 16.7. The van der Waals surface area contributed by atoms with Crippen LogP contribution in [0.15, 0.2) is 35.2 Å². The number of hydrogen-bond donors (Lipinski definition) is 0. The van der Waals surface area contributed by atoms with Gasteiger partial charge in [-0.25, -0.2) is 8.42 Å². The molecule has 7 heteroatoms. The average Bonchev–Trinajstić information content (AvgIpc) is 2.92. The van der Waals surface area contributed by atoms with Crippen molar-refractivity contribution in [3.8, 4) is 0 Å². The van der Waals surface area contributed by atoms with Crippen LogP contribution in [-0.2, 0) is 16.6 Å². The van der Waals surface area contributed by atoms with E-state index in [1.165, 1.54) is 17.3 Å². The highest BCUT2D eigenvalue weighted by molar-refractivity contribution is 7.89. The summed E-state index contributed by atoms with van der Waals surface area (Å²) in [5, 5.41) is 4.50. The van der Waals surface area contributed by atoms with Crippen molar-refractivity contribution in [3.63, 3.8) is 0 Å². The first-order chi connectivity index (χ1) is 12.3. The quantitative estimate of drug-likeness (QED) is 0.754. The second-order valence-electron chi connectivity index (χ2n) is 7.04. The van der Waals surface area contributed by atoms with Crippen molar-refractivity contribution in [1.29, 1.82) is 0 Å². The highest BCUT2D eigenvalue weighted by atomic mass is 32.2. The predicted molar refractivity (Wildman–Crippen MR) is 99.6 cm³/mol. The number of aromatic nitrogens is 2. The van der Waals surface area contributed by atoms with Gasteiger partial charge in [-0.05, 0) is 57.7 Å². The molecule has 0 radical (unpaired) electrons. The number of ketones is 1. The molecule has 1 aromatic carbocycles. The Morgan fingerprint density at radius 2 is 1.88 bits per heavy atom. The molecule has 1 aliphatic heterocycles. The number of piperidine rings is 1. The smallest absolute Gasteiger partial charge is 0.243 e. The van der Waals surface area contributed by atoms with Gasteiger partial charge in [0.25, 0.3) is 0 Å². The standard InChI is InChI=1S/C19H25N3O3S/c1-14-11-15(2)22(20-14)13-17-7-9-21(10-8-17)26(24,25)19-6-4-5-18(12-19)16(3)23/h4-6,11-12,17H,7-10,13H2,1-3H3. The summed E-state index contributed by atoms with van der Waals surface area (Å²) in [6.45, 7) is 7.28. The molecule has 1 fully saturated rings. The summed E-state index contributed by atoms with van der Waals surface area (Å²) < 4.78 is 29.3. The molecule has 0 bridgehead atoms. The van der Waals surface area contributed by atoms with Crippen molar-refractivity contribution in [2.45, 2.75) is 45.1 Å². The Hall–Kier alpha value is -1.99. The highest BCUT2D eigenvalue weighted by Crippen LogP contribution is 2.25. The number of sulfonamides is 1. The van der Waals surface area contributed by atoms with Gasteiger partial charge in [0.05, 0.1) is 10.6 Å². The van der Waals surface area contributed by atoms with Gasteiger partial charge in [-0.1, -0.05) is 12.1 Å². The maximum atomic E-state index is 12.9. The van der Waals surface area contributed by atoms with Crippen molar-refractivity contribution in [2.24, 2.45) is 5.92 Å². The number of benzene rings is 1. The van der Waals surface area contributed by atoms with E-state index in [1.807, 2.05) is 18.5 Å². The number of aryl methyl sites for hydroxylation is 2. The minimum atomic E-state index is -3.56. The molecule has 1 aliphatic rings. The summed E-state index contributed by atoms with van der Waals surface area (Å²) in [4.78, 5) is 11.7. The number of carbonyl (C=O) groups excluding carboxylic acids is 1. The van der Waals surface area contributed by atoms with Gasteiger partial charge in [0, 0.05) is 30.9 Å². The molecule has 26 heavy (non-hydrogen) atoms. The minimum Gasteiger partial charge on any atom is -0.295 e. The Morgan fingerprint density at radius 1 is 1.19 bits per heavy atom. The Bertz CT molecular complexity index is 910. The van der Waals surface area contributed by atoms with Crippen molar-refractivity contribution >= 4 is 15.8 Å². The number of Topliss-reactive ketones (excluding diaryl/α,β-unsaturated/α-hetero) is 1. The van der Waals surface area contributed by atoms with Crippen molar-refractivity contribution in [1.82, 2.24) is 14.1 Å². The predicted octanol–water partition coefficient (Wildman–Crippen LogP) is 2.80. The van der Waals surface area contributed by atoms with Gasteiger partial charge in [0.2, 0.25) is 10.0 Å². The molecular formula is C19H25N3O3S. The van der Waals surface area contributed by atoms with Gasteiger partial charge in [0.15, 0.2) is 5.78 Å². The summed E-state index contributed by atoms with van der Waals surface area (Å²) in [6, 6.07) is 8.35. The van der Waals surface area contributed by atoms with Crippen LogP contribution in [0.5, 0.6) is 0 Å². The van der Waals surface area contributed by atoms with E-state index in [0.717, 1.165) is 30.8 Å². The van der Waals surface area contributed by atoms with E-state index in [1.54, 1.807) is 18.2 Å². The summed E-state index contributed by atoms with van der Waals surface area (Å²) in [6.07, 6.45) is 1.62. The van der Waals surface area contributed by atoms with Crippen LogP contribution in [0.2, 0.25) is 0 Å². The third kappa shape index (κ3) is 3.88. The lowest BCUT2D eigenvalue weighted by Gasteiger charge is -2.31. The topological polar surface area (TPSA) is 72.3 Å². The van der Waals surface area contributed by atoms with Gasteiger partial charge in [-0.15, -0.1) is 0 Å². The number of hydrogen-bond acceptors (Lipinski definition) is 4. The van der Waals surface area contributed by atoms with Crippen LogP contribution in [0.1, 0.15) is 41.5 Å². The molecule has 0 aliphatic carbocycles. The maximum Gasteiger partial charge on any atom is 0.243 e. The third-order valence-electron chi connectivity index (χ3n) is 4.99. The average molecular weight is 375 g/mol. The van der Waals surface area contributed by atoms with Gasteiger partial charge in [0.1, 0.15) is 0 Å². The van der Waals surface area contributed by atoms with E-state index < -0.39 is 10.0 Å². The second-order valence-corrected chi connectivity index (χ2v) is 8.98. The van der Waals surface area contributed by atoms with E-state index in [0.29, 0.717) is 24.6 Å². The molecule has 0 spiro atoms. The third-order valence-corrected chi connectivity index (χ3v) is 6.88. The summed E-state index contributed by atoms with van der Waals surface area (Å²) >= 11 is 0. The van der Waals surface area contributed by atoms with E-state index >= 15 is 0 Å². The molecule has 0 atom stereocenters. The lowest BCUT2D eigenvalue weighted by molar-refractivity contribution is 0.101. The Labute approximate surface area is 154 Å². The molecular weight excluding hydrogens is 350 g/mol. The molecule has 2 heterocycles. The SMILES string of the molecule is CC(=O)c1cccc(S(=O)(=O)N2CCC(Cn3nc(C)cc3C)CC2)c1. The van der Waals surface area contributed by atoms with Crippen LogP contribution >= 0.6 is 0 Å². The highest BCUT2D eigenvalue weighted by Gasteiger charge is 2.30. The van der Waals surface area contributed by atoms with Gasteiger partial charge in [-0.3, -0.25) is 9.48 Å². The second kappa shape index (κ2) is 7.32. The summed E-state index contributed by atoms with van der Waals surface area (Å²) in [5.41, 5.74) is 2.57. The Balaban J connectivity index is 1.68. The van der Waals surface area contributed by atoms with Gasteiger partial charge < -0.3 is 0 Å². The molecule has 140 valence electrons. The first-order valence-corrected chi connectivity index (χ1v) is 10.3. The van der Waals surface area contributed by atoms with Crippen LogP contribution in [0.3, 0.4) is 0 Å². The first kappa shape index (κ1) is 18.8. The zero-order chi connectivity index (χ0) is 18.9. The first-order valence-electron chi connectivity index (χ1n) is 8.89. The molecule has 0 unspecified atom stereocenters. The number of nitrogens with zero attached hydrogens (tertiary/aromatic N) is 3. The van der Waals surface area contributed by atoms with E-state index in [-0.39, 0.29) is 10.7 Å². The Morgan fingerprint density at radius 3 is 2.46 bits per heavy atom. The van der Waals surface area contributed by atoms with Gasteiger partial charge in [-0.2, -0.15) is 9.40 Å². The molecule has 2 aromatic rings. The monoisotopic (exact) mass is 375 g/mol. The van der Waals surface area contributed by atoms with Crippen LogP contribution in [0, 0.1) is 19.8 Å². The fourth-order valence-electron chi connectivity index (χ4n) is 3.46. The number of carbonyl (C=O) groups is 1. The van der Waals surface area contributed by atoms with Crippen LogP contribution in [0.4, 0.5) is 0 Å². The van der Waals surface area contributed by atoms with Crippen LogP contribution < -0.4 is 0 Å². The van der Waals surface area contributed by atoms with Crippen LogP contribution in [-0.4, -0.2) is 41.4 Å². The zero-order valence-electron chi connectivity index (χ0n) is 15.5. The lowest BCUT2D eigenvalue weighted by atomic mass is 9.98. The van der Waals surface area contributed by atoms with E-state index in [9.17, 15) is 13.2 Å². The summed E-state index contributed by atoms with van der Waals surface area (Å²) in [5.74, 6) is 0.286. The van der Waals surface area contributed by atoms with Crippen LogP contribution in [0.25, 0.3) is 0 Å². The van der Waals surface area contributed by atoms with Crippen molar-refractivity contribution in [2.75, 3.05) is 13.1 Å². The molecule has 0 N–H and O–H groups in total. The maximum absolute atomic E-state index is 12.9. The number of rotatable bonds is 5. The van der Waals surface area contributed by atoms with E-state index in [2.05, 4.69) is 11.2 Å². The fraction of sp³-hybridized carbons (Fsp3) is 0.474. The van der Waals surface area contributed by atoms with E-state index in [4.69, 9.17) is 0 Å². The molecule has 0 saturated carbocycles. The molecule has 3 rings (SSSR count).